The smallest absolute Gasteiger partial charge is 0.172 e. The van der Waals surface area contributed by atoms with Gasteiger partial charge >= 0.3 is 0 Å². The molecule has 1 aromatic carbocycles. The Kier molecular flexibility index (Phi) is 1.72. The van der Waals surface area contributed by atoms with Crippen molar-refractivity contribution in [2.24, 2.45) is 11.3 Å². The standard InChI is InChI=1S/C14H16O2/c1-9-7-8-13(2)12(15)10-5-3-4-6-11(10)14(9,13)16/h3-6,9,16H,7-8H2,1-2H3. The number of hydrogen-bond acceptors (Lipinski definition) is 2. The molecule has 0 aliphatic heterocycles. The molecular formula is C14H16O2. The molecule has 3 atom stereocenters. The van der Waals surface area contributed by atoms with E-state index < -0.39 is 11.0 Å². The highest BCUT2D eigenvalue weighted by atomic mass is 16.3. The van der Waals surface area contributed by atoms with E-state index in [2.05, 4.69) is 0 Å². The summed E-state index contributed by atoms with van der Waals surface area (Å²) < 4.78 is 0. The van der Waals surface area contributed by atoms with Gasteiger partial charge in [0.2, 0.25) is 0 Å². The second-order valence-corrected chi connectivity index (χ2v) is 5.41. The van der Waals surface area contributed by atoms with Crippen LogP contribution in [0, 0.1) is 11.3 Å². The number of hydrogen-bond donors (Lipinski definition) is 1. The second kappa shape index (κ2) is 2.75. The van der Waals surface area contributed by atoms with Gasteiger partial charge in [-0.25, -0.2) is 0 Å². The predicted octanol–water partition coefficient (Wildman–Crippen LogP) is 2.51. The first-order chi connectivity index (χ1) is 7.52. The number of carbonyl (C=O) groups is 1. The highest BCUT2D eigenvalue weighted by Gasteiger charge is 2.65. The molecule has 0 amide bonds. The van der Waals surface area contributed by atoms with Crippen LogP contribution in [0.5, 0.6) is 0 Å². The average molecular weight is 216 g/mol. The number of rotatable bonds is 0. The van der Waals surface area contributed by atoms with E-state index in [0.717, 1.165) is 24.0 Å². The van der Waals surface area contributed by atoms with Crippen LogP contribution in [0.25, 0.3) is 0 Å². The lowest BCUT2D eigenvalue weighted by atomic mass is 9.73. The Morgan fingerprint density at radius 3 is 2.81 bits per heavy atom. The summed E-state index contributed by atoms with van der Waals surface area (Å²) in [6, 6.07) is 7.52. The van der Waals surface area contributed by atoms with Crippen LogP contribution in [-0.4, -0.2) is 10.9 Å². The molecule has 0 spiro atoms. The van der Waals surface area contributed by atoms with Crippen LogP contribution in [0.15, 0.2) is 24.3 Å². The summed E-state index contributed by atoms with van der Waals surface area (Å²) in [5, 5.41) is 11.0. The molecule has 2 nitrogen and oxygen atoms in total. The van der Waals surface area contributed by atoms with Crippen molar-refractivity contribution in [3.05, 3.63) is 35.4 Å². The molecule has 3 unspecified atom stereocenters. The molecule has 1 N–H and O–H groups in total. The molecule has 2 aliphatic rings. The van der Waals surface area contributed by atoms with Crippen molar-refractivity contribution in [3.8, 4) is 0 Å². The quantitative estimate of drug-likeness (QED) is 0.723. The van der Waals surface area contributed by atoms with Gasteiger partial charge in [-0.1, -0.05) is 31.2 Å². The highest BCUT2D eigenvalue weighted by Crippen LogP contribution is 2.61. The third-order valence-electron chi connectivity index (χ3n) is 4.72. The normalized spacial score (nSPS) is 40.9. The maximum Gasteiger partial charge on any atom is 0.172 e. The number of benzene rings is 1. The number of aliphatic hydroxyl groups is 1. The number of ketones is 1. The van der Waals surface area contributed by atoms with Crippen LogP contribution in [-0.2, 0) is 5.60 Å². The Labute approximate surface area is 95.3 Å². The molecule has 0 heterocycles. The molecule has 2 heteroatoms. The molecule has 0 bridgehead atoms. The summed E-state index contributed by atoms with van der Waals surface area (Å²) in [4.78, 5) is 12.4. The van der Waals surface area contributed by atoms with Gasteiger partial charge in [0, 0.05) is 5.56 Å². The first kappa shape index (κ1) is 10.0. The predicted molar refractivity (Wildman–Crippen MR) is 61.2 cm³/mol. The lowest BCUT2D eigenvalue weighted by Gasteiger charge is -2.35. The van der Waals surface area contributed by atoms with Crippen molar-refractivity contribution < 1.29 is 9.90 Å². The number of fused-ring (bicyclic) bond motifs is 3. The van der Waals surface area contributed by atoms with Gasteiger partial charge in [-0.2, -0.15) is 0 Å². The lowest BCUT2D eigenvalue weighted by molar-refractivity contribution is -0.0599. The van der Waals surface area contributed by atoms with Gasteiger partial charge in [0.1, 0.15) is 5.60 Å². The Bertz CT molecular complexity index is 479. The van der Waals surface area contributed by atoms with Gasteiger partial charge < -0.3 is 5.11 Å². The molecule has 1 fully saturated rings. The molecule has 1 saturated carbocycles. The SMILES string of the molecule is CC1CCC2(C)C(=O)c3ccccc3C12O. The van der Waals surface area contributed by atoms with E-state index in [1.165, 1.54) is 0 Å². The number of Topliss-reactive ketones (excluding diaryl/α,β-unsaturated/α-hetero) is 1. The lowest BCUT2D eigenvalue weighted by Crippen LogP contribution is -2.41. The molecule has 0 aromatic heterocycles. The van der Waals surface area contributed by atoms with Crippen LogP contribution in [0.4, 0.5) is 0 Å². The summed E-state index contributed by atoms with van der Waals surface area (Å²) in [5.41, 5.74) is 0.0168. The van der Waals surface area contributed by atoms with Gasteiger partial charge in [0.05, 0.1) is 5.41 Å². The molecular weight excluding hydrogens is 200 g/mol. The van der Waals surface area contributed by atoms with Crippen molar-refractivity contribution in [2.75, 3.05) is 0 Å². The third-order valence-corrected chi connectivity index (χ3v) is 4.72. The summed E-state index contributed by atoms with van der Waals surface area (Å²) in [7, 11) is 0. The monoisotopic (exact) mass is 216 g/mol. The van der Waals surface area contributed by atoms with E-state index in [4.69, 9.17) is 0 Å². The van der Waals surface area contributed by atoms with Crippen molar-refractivity contribution in [1.29, 1.82) is 0 Å². The van der Waals surface area contributed by atoms with Crippen LogP contribution in [0.2, 0.25) is 0 Å². The van der Waals surface area contributed by atoms with Crippen LogP contribution < -0.4 is 0 Å². The highest BCUT2D eigenvalue weighted by molar-refractivity contribution is 6.06. The van der Waals surface area contributed by atoms with E-state index in [1.807, 2.05) is 38.1 Å². The van der Waals surface area contributed by atoms with E-state index in [-0.39, 0.29) is 11.7 Å². The molecule has 0 saturated heterocycles. The first-order valence-electron chi connectivity index (χ1n) is 5.88. The zero-order chi connectivity index (χ0) is 11.6. The first-order valence-corrected chi connectivity index (χ1v) is 5.88. The van der Waals surface area contributed by atoms with Gasteiger partial charge in [0.15, 0.2) is 5.78 Å². The fraction of sp³-hybridized carbons (Fsp3) is 0.500. The Hall–Kier alpha value is -1.15. The minimum atomic E-state index is -0.944. The maximum absolute atomic E-state index is 12.4. The maximum atomic E-state index is 12.4. The Balaban J connectivity index is 2.33. The zero-order valence-corrected chi connectivity index (χ0v) is 9.66. The summed E-state index contributed by atoms with van der Waals surface area (Å²) >= 11 is 0. The number of carbonyl (C=O) groups excluding carboxylic acids is 1. The third kappa shape index (κ3) is 0.822. The average Bonchev–Trinajstić information content (AvgIpc) is 2.63. The minimum absolute atomic E-state index is 0.120. The summed E-state index contributed by atoms with van der Waals surface area (Å²) in [6.45, 7) is 3.96. The van der Waals surface area contributed by atoms with Gasteiger partial charge in [-0.05, 0) is 31.2 Å². The fourth-order valence-corrected chi connectivity index (χ4v) is 3.61. The van der Waals surface area contributed by atoms with E-state index in [1.54, 1.807) is 0 Å². The van der Waals surface area contributed by atoms with Gasteiger partial charge in [-0.3, -0.25) is 4.79 Å². The topological polar surface area (TPSA) is 37.3 Å². The van der Waals surface area contributed by atoms with Gasteiger partial charge in [0.25, 0.3) is 0 Å². The Morgan fingerprint density at radius 1 is 1.38 bits per heavy atom. The summed E-state index contributed by atoms with van der Waals surface area (Å²) in [5.74, 6) is 0.278. The van der Waals surface area contributed by atoms with E-state index >= 15 is 0 Å². The molecule has 1 aromatic rings. The van der Waals surface area contributed by atoms with Crippen molar-refractivity contribution in [3.63, 3.8) is 0 Å². The van der Waals surface area contributed by atoms with E-state index in [9.17, 15) is 9.90 Å². The Morgan fingerprint density at radius 2 is 2.06 bits per heavy atom. The molecule has 84 valence electrons. The van der Waals surface area contributed by atoms with Crippen molar-refractivity contribution >= 4 is 5.78 Å². The molecule has 16 heavy (non-hydrogen) atoms. The molecule has 3 rings (SSSR count). The minimum Gasteiger partial charge on any atom is -0.384 e. The largest absolute Gasteiger partial charge is 0.384 e. The van der Waals surface area contributed by atoms with E-state index in [0.29, 0.717) is 0 Å². The van der Waals surface area contributed by atoms with Crippen LogP contribution in [0.1, 0.15) is 42.6 Å². The fourth-order valence-electron chi connectivity index (χ4n) is 3.61. The van der Waals surface area contributed by atoms with Crippen LogP contribution >= 0.6 is 0 Å². The van der Waals surface area contributed by atoms with Gasteiger partial charge in [-0.15, -0.1) is 0 Å². The van der Waals surface area contributed by atoms with Crippen molar-refractivity contribution in [1.82, 2.24) is 0 Å². The second-order valence-electron chi connectivity index (χ2n) is 5.41. The molecule has 0 radical (unpaired) electrons. The van der Waals surface area contributed by atoms with Crippen molar-refractivity contribution in [2.45, 2.75) is 32.3 Å². The summed E-state index contributed by atoms with van der Waals surface area (Å²) in [6.07, 6.45) is 1.71. The zero-order valence-electron chi connectivity index (χ0n) is 9.66. The van der Waals surface area contributed by atoms with Crippen LogP contribution in [0.3, 0.4) is 0 Å². The molecule has 2 aliphatic carbocycles.